The Hall–Kier alpha value is -1.75. The SMILES string of the molecule is NC(=O)c1ccc(NC2CCOCC2)c(N)c1. The number of benzene rings is 1. The van der Waals surface area contributed by atoms with Crippen molar-refractivity contribution >= 4 is 17.3 Å². The molecule has 5 N–H and O–H groups in total. The van der Waals surface area contributed by atoms with Gasteiger partial charge in [0, 0.05) is 24.8 Å². The van der Waals surface area contributed by atoms with Gasteiger partial charge in [-0.25, -0.2) is 0 Å². The minimum atomic E-state index is -0.464. The number of hydrogen-bond acceptors (Lipinski definition) is 4. The van der Waals surface area contributed by atoms with Crippen LogP contribution in [0.3, 0.4) is 0 Å². The molecular formula is C12H17N3O2. The first-order valence-corrected chi connectivity index (χ1v) is 5.70. The van der Waals surface area contributed by atoms with E-state index in [0.29, 0.717) is 17.3 Å². The Labute approximate surface area is 100 Å². The summed E-state index contributed by atoms with van der Waals surface area (Å²) in [6, 6.07) is 5.46. The molecule has 5 heteroatoms. The monoisotopic (exact) mass is 235 g/mol. The van der Waals surface area contributed by atoms with Crippen molar-refractivity contribution in [1.29, 1.82) is 0 Å². The lowest BCUT2D eigenvalue weighted by atomic mass is 10.1. The number of carbonyl (C=O) groups excluding carboxylic acids is 1. The van der Waals surface area contributed by atoms with E-state index in [-0.39, 0.29) is 0 Å². The maximum Gasteiger partial charge on any atom is 0.248 e. The van der Waals surface area contributed by atoms with Crippen molar-refractivity contribution in [1.82, 2.24) is 0 Å². The lowest BCUT2D eigenvalue weighted by Crippen LogP contribution is -2.28. The molecule has 1 aliphatic rings. The van der Waals surface area contributed by atoms with Gasteiger partial charge in [-0.2, -0.15) is 0 Å². The number of amides is 1. The first-order valence-electron chi connectivity index (χ1n) is 5.70. The summed E-state index contributed by atoms with van der Waals surface area (Å²) in [4.78, 5) is 11.0. The van der Waals surface area contributed by atoms with Crippen LogP contribution in [0.5, 0.6) is 0 Å². The first kappa shape index (κ1) is 11.7. The molecule has 5 nitrogen and oxygen atoms in total. The van der Waals surface area contributed by atoms with Crippen molar-refractivity contribution in [2.75, 3.05) is 24.3 Å². The Morgan fingerprint density at radius 3 is 2.65 bits per heavy atom. The van der Waals surface area contributed by atoms with Crippen molar-refractivity contribution in [3.63, 3.8) is 0 Å². The number of nitrogens with two attached hydrogens (primary N) is 2. The molecule has 0 aromatic heterocycles. The molecule has 1 aliphatic heterocycles. The molecule has 0 aliphatic carbocycles. The number of ether oxygens (including phenoxy) is 1. The van der Waals surface area contributed by atoms with Gasteiger partial charge in [-0.15, -0.1) is 0 Å². The summed E-state index contributed by atoms with van der Waals surface area (Å²) in [5, 5.41) is 3.36. The molecule has 2 rings (SSSR count). The predicted molar refractivity (Wildman–Crippen MR) is 66.8 cm³/mol. The van der Waals surface area contributed by atoms with Crippen LogP contribution in [0.15, 0.2) is 18.2 Å². The standard InChI is InChI=1S/C12H17N3O2/c13-10-7-8(12(14)16)1-2-11(10)15-9-3-5-17-6-4-9/h1-2,7,9,15H,3-6,13H2,(H2,14,16). The molecular weight excluding hydrogens is 218 g/mol. The fraction of sp³-hybridized carbons (Fsp3) is 0.417. The zero-order chi connectivity index (χ0) is 12.3. The van der Waals surface area contributed by atoms with Crippen LogP contribution in [0.2, 0.25) is 0 Å². The summed E-state index contributed by atoms with van der Waals surface area (Å²) < 4.78 is 5.29. The summed E-state index contributed by atoms with van der Waals surface area (Å²) in [7, 11) is 0. The Morgan fingerprint density at radius 2 is 2.06 bits per heavy atom. The van der Waals surface area contributed by atoms with E-state index in [1.165, 1.54) is 0 Å². The van der Waals surface area contributed by atoms with Crippen LogP contribution in [-0.2, 0) is 4.74 Å². The Balaban J connectivity index is 2.08. The smallest absolute Gasteiger partial charge is 0.248 e. The number of hydrogen-bond donors (Lipinski definition) is 3. The number of rotatable bonds is 3. The van der Waals surface area contributed by atoms with E-state index in [0.717, 1.165) is 31.7 Å². The number of carbonyl (C=O) groups is 1. The fourth-order valence-electron chi connectivity index (χ4n) is 1.91. The molecule has 0 spiro atoms. The van der Waals surface area contributed by atoms with Crippen LogP contribution in [0.25, 0.3) is 0 Å². The third-order valence-corrected chi connectivity index (χ3v) is 2.92. The van der Waals surface area contributed by atoms with Gasteiger partial charge in [-0.1, -0.05) is 0 Å². The van der Waals surface area contributed by atoms with Gasteiger partial charge in [0.15, 0.2) is 0 Å². The van der Waals surface area contributed by atoms with Crippen molar-refractivity contribution < 1.29 is 9.53 Å². The molecule has 1 heterocycles. The molecule has 17 heavy (non-hydrogen) atoms. The molecule has 1 saturated heterocycles. The van der Waals surface area contributed by atoms with Crippen LogP contribution in [-0.4, -0.2) is 25.2 Å². The zero-order valence-electron chi connectivity index (χ0n) is 9.61. The van der Waals surface area contributed by atoms with Gasteiger partial charge in [-0.05, 0) is 31.0 Å². The van der Waals surface area contributed by atoms with Crippen molar-refractivity contribution in [2.24, 2.45) is 5.73 Å². The minimum absolute atomic E-state index is 0.380. The number of nitrogen functional groups attached to an aromatic ring is 1. The lowest BCUT2D eigenvalue weighted by molar-refractivity contribution is 0.0904. The van der Waals surface area contributed by atoms with Crippen LogP contribution >= 0.6 is 0 Å². The van der Waals surface area contributed by atoms with E-state index in [1.54, 1.807) is 18.2 Å². The maximum absolute atomic E-state index is 11.0. The second-order valence-electron chi connectivity index (χ2n) is 4.20. The minimum Gasteiger partial charge on any atom is -0.397 e. The summed E-state index contributed by atoms with van der Waals surface area (Å²) in [6.45, 7) is 1.55. The highest BCUT2D eigenvalue weighted by molar-refractivity contribution is 5.94. The molecule has 0 radical (unpaired) electrons. The lowest BCUT2D eigenvalue weighted by Gasteiger charge is -2.24. The first-order chi connectivity index (χ1) is 8.16. The van der Waals surface area contributed by atoms with Gasteiger partial charge < -0.3 is 21.5 Å². The van der Waals surface area contributed by atoms with Crippen LogP contribution < -0.4 is 16.8 Å². The van der Waals surface area contributed by atoms with E-state index in [2.05, 4.69) is 5.32 Å². The molecule has 1 aromatic carbocycles. The second kappa shape index (κ2) is 5.05. The Kier molecular flexibility index (Phi) is 3.49. The summed E-state index contributed by atoms with van der Waals surface area (Å²) >= 11 is 0. The highest BCUT2D eigenvalue weighted by atomic mass is 16.5. The Bertz CT molecular complexity index is 414. The molecule has 1 fully saturated rings. The predicted octanol–water partition coefficient (Wildman–Crippen LogP) is 0.959. The highest BCUT2D eigenvalue weighted by Gasteiger charge is 2.14. The summed E-state index contributed by atoms with van der Waals surface area (Å²) in [6.07, 6.45) is 1.94. The molecule has 1 amide bonds. The van der Waals surface area contributed by atoms with E-state index < -0.39 is 5.91 Å². The second-order valence-corrected chi connectivity index (χ2v) is 4.20. The number of primary amides is 1. The molecule has 0 saturated carbocycles. The van der Waals surface area contributed by atoms with E-state index in [9.17, 15) is 4.79 Å². The quantitative estimate of drug-likeness (QED) is 0.680. The van der Waals surface area contributed by atoms with Crippen LogP contribution in [0.1, 0.15) is 23.2 Å². The molecule has 1 aromatic rings. The van der Waals surface area contributed by atoms with Gasteiger partial charge in [0.1, 0.15) is 0 Å². The van der Waals surface area contributed by atoms with E-state index >= 15 is 0 Å². The maximum atomic E-state index is 11.0. The highest BCUT2D eigenvalue weighted by Crippen LogP contribution is 2.22. The number of anilines is 2. The van der Waals surface area contributed by atoms with Gasteiger partial charge in [-0.3, -0.25) is 4.79 Å². The number of nitrogens with one attached hydrogen (secondary N) is 1. The zero-order valence-corrected chi connectivity index (χ0v) is 9.61. The molecule has 0 atom stereocenters. The average molecular weight is 235 g/mol. The van der Waals surface area contributed by atoms with Crippen LogP contribution in [0, 0.1) is 0 Å². The average Bonchev–Trinajstić information content (AvgIpc) is 2.33. The third-order valence-electron chi connectivity index (χ3n) is 2.92. The van der Waals surface area contributed by atoms with Crippen LogP contribution in [0.4, 0.5) is 11.4 Å². The molecule has 0 bridgehead atoms. The normalized spacial score (nSPS) is 16.7. The van der Waals surface area contributed by atoms with Crippen molar-refractivity contribution in [2.45, 2.75) is 18.9 Å². The largest absolute Gasteiger partial charge is 0.397 e. The summed E-state index contributed by atoms with van der Waals surface area (Å²) in [5.41, 5.74) is 12.9. The van der Waals surface area contributed by atoms with Crippen molar-refractivity contribution in [3.8, 4) is 0 Å². The van der Waals surface area contributed by atoms with E-state index in [1.807, 2.05) is 0 Å². The molecule has 92 valence electrons. The van der Waals surface area contributed by atoms with E-state index in [4.69, 9.17) is 16.2 Å². The Morgan fingerprint density at radius 1 is 1.35 bits per heavy atom. The van der Waals surface area contributed by atoms with Crippen molar-refractivity contribution in [3.05, 3.63) is 23.8 Å². The van der Waals surface area contributed by atoms with Gasteiger partial charge in [0.25, 0.3) is 0 Å². The van der Waals surface area contributed by atoms with Gasteiger partial charge >= 0.3 is 0 Å². The third kappa shape index (κ3) is 2.88. The van der Waals surface area contributed by atoms with Gasteiger partial charge in [0.2, 0.25) is 5.91 Å². The molecule has 0 unspecified atom stereocenters. The fourth-order valence-corrected chi connectivity index (χ4v) is 1.91. The topological polar surface area (TPSA) is 90.4 Å². The van der Waals surface area contributed by atoms with Gasteiger partial charge in [0.05, 0.1) is 11.4 Å². The summed E-state index contributed by atoms with van der Waals surface area (Å²) in [5.74, 6) is -0.464.